The van der Waals surface area contributed by atoms with Gasteiger partial charge in [-0.3, -0.25) is 9.20 Å². The number of nitrogens with zero attached hydrogens (tertiary/aromatic N) is 1. The molecule has 0 unspecified atom stereocenters. The van der Waals surface area contributed by atoms with Gasteiger partial charge in [0.05, 0.1) is 12.3 Å². The topological polar surface area (TPSA) is 94.0 Å². The lowest BCUT2D eigenvalue weighted by molar-refractivity contribution is 0.0688. The van der Waals surface area contributed by atoms with Gasteiger partial charge in [0.25, 0.3) is 5.56 Å². The van der Waals surface area contributed by atoms with Gasteiger partial charge in [-0.25, -0.2) is 4.79 Å². The number of nitrogens with two attached hydrogens (primary N) is 1. The molecule has 5 aromatic rings. The molecule has 0 amide bonds. The van der Waals surface area contributed by atoms with Crippen molar-refractivity contribution in [1.82, 2.24) is 4.40 Å². The molecule has 7 heteroatoms. The Balaban J connectivity index is 1.64. The van der Waals surface area contributed by atoms with Crippen molar-refractivity contribution in [2.75, 3.05) is 12.3 Å². The van der Waals surface area contributed by atoms with Crippen LogP contribution < -0.4 is 16.0 Å². The van der Waals surface area contributed by atoms with Crippen LogP contribution in [0.5, 0.6) is 5.75 Å². The van der Waals surface area contributed by atoms with E-state index in [1.807, 2.05) is 30.3 Å². The second-order valence-corrected chi connectivity index (χ2v) is 10.5. The summed E-state index contributed by atoms with van der Waals surface area (Å²) in [5.74, 6) is -0.289. The number of carboxylic acids is 1. The van der Waals surface area contributed by atoms with Gasteiger partial charge in [-0.05, 0) is 52.9 Å². The highest BCUT2D eigenvalue weighted by molar-refractivity contribution is 7.18. The number of ether oxygens (including phenoxy) is 1. The number of rotatable bonds is 9. The first-order valence-corrected chi connectivity index (χ1v) is 13.6. The number of fused-ring (bicyclic) bond motifs is 2. The minimum Gasteiger partial charge on any atom is -0.493 e. The molecule has 194 valence electrons. The second-order valence-electron chi connectivity index (χ2n) is 9.45. The van der Waals surface area contributed by atoms with Crippen LogP contribution in [0.4, 0.5) is 5.69 Å². The van der Waals surface area contributed by atoms with Gasteiger partial charge in [-0.2, -0.15) is 0 Å². The number of hydrogen-bond donors (Lipinski definition) is 2. The van der Waals surface area contributed by atoms with Crippen molar-refractivity contribution < 1.29 is 14.6 Å². The highest BCUT2D eigenvalue weighted by Crippen LogP contribution is 2.40. The Hall–Kier alpha value is -4.10. The number of aryl methyl sites for hydroxylation is 1. The number of nitrogen functional groups attached to an aromatic ring is 1. The molecule has 0 bridgehead atoms. The lowest BCUT2D eigenvalue weighted by Crippen LogP contribution is -2.18. The summed E-state index contributed by atoms with van der Waals surface area (Å²) in [5, 5.41) is 12.1. The summed E-state index contributed by atoms with van der Waals surface area (Å²) in [6.45, 7) is 4.92. The highest BCUT2D eigenvalue weighted by atomic mass is 32.1. The predicted molar refractivity (Wildman–Crippen MR) is 155 cm³/mol. The molecule has 0 saturated heterocycles. The van der Waals surface area contributed by atoms with Crippen LogP contribution in [0.1, 0.15) is 52.7 Å². The van der Waals surface area contributed by atoms with Crippen LogP contribution in [-0.2, 0) is 6.42 Å². The molecule has 2 aromatic heterocycles. The van der Waals surface area contributed by atoms with E-state index in [9.17, 15) is 14.7 Å². The zero-order valence-electron chi connectivity index (χ0n) is 21.5. The van der Waals surface area contributed by atoms with Gasteiger partial charge in [-0.1, -0.05) is 68.3 Å². The fourth-order valence-corrected chi connectivity index (χ4v) is 6.29. The maximum absolute atomic E-state index is 12.6. The van der Waals surface area contributed by atoms with Crippen LogP contribution in [0, 0.1) is 6.92 Å². The normalized spacial score (nSPS) is 11.3. The minimum atomic E-state index is -1.15. The molecule has 0 saturated carbocycles. The molecular formula is C31H30N2O4S. The summed E-state index contributed by atoms with van der Waals surface area (Å²) in [6, 6.07) is 21.2. The number of benzene rings is 3. The van der Waals surface area contributed by atoms with Crippen LogP contribution in [0.2, 0.25) is 0 Å². The van der Waals surface area contributed by atoms with Crippen molar-refractivity contribution in [3.8, 4) is 16.9 Å². The molecule has 0 aliphatic rings. The average Bonchev–Trinajstić information content (AvgIpc) is 3.30. The number of thiazole rings is 1. The lowest BCUT2D eigenvalue weighted by atomic mass is 9.89. The van der Waals surface area contributed by atoms with Gasteiger partial charge < -0.3 is 15.6 Å². The standard InChI is InChI=1S/C31H30N2O4S/c1-3-4-9-16-37-25-13-8-7-12-23(25)28-19(2)17-20(21-10-5-6-11-22(21)28)18-26-29(31(35)36)33-27(34)15-14-24(32)30(33)38-26/h5-8,10-15,17H,3-4,9,16,18,32H2,1-2H3,(H,35,36). The maximum Gasteiger partial charge on any atom is 0.354 e. The quantitative estimate of drug-likeness (QED) is 0.203. The molecule has 0 spiro atoms. The third-order valence-corrected chi connectivity index (χ3v) is 8.02. The summed E-state index contributed by atoms with van der Waals surface area (Å²) >= 11 is 1.26. The second kappa shape index (κ2) is 10.7. The molecule has 0 aliphatic carbocycles. The molecule has 0 aliphatic heterocycles. The minimum absolute atomic E-state index is 0.0288. The van der Waals surface area contributed by atoms with Crippen molar-refractivity contribution in [2.45, 2.75) is 39.5 Å². The first-order valence-electron chi connectivity index (χ1n) is 12.8. The molecule has 6 nitrogen and oxygen atoms in total. The van der Waals surface area contributed by atoms with Crippen LogP contribution in [0.3, 0.4) is 0 Å². The largest absolute Gasteiger partial charge is 0.493 e. The van der Waals surface area contributed by atoms with Gasteiger partial charge in [-0.15, -0.1) is 11.3 Å². The predicted octanol–water partition coefficient (Wildman–Crippen LogP) is 6.93. The van der Waals surface area contributed by atoms with Gasteiger partial charge in [0.1, 0.15) is 16.3 Å². The molecular weight excluding hydrogens is 496 g/mol. The third-order valence-electron chi connectivity index (χ3n) is 6.83. The Morgan fingerprint density at radius 2 is 1.76 bits per heavy atom. The van der Waals surface area contributed by atoms with Crippen molar-refractivity contribution in [2.24, 2.45) is 0 Å². The van der Waals surface area contributed by atoms with Crippen LogP contribution in [-0.4, -0.2) is 22.1 Å². The van der Waals surface area contributed by atoms with Crippen molar-refractivity contribution in [1.29, 1.82) is 0 Å². The molecule has 3 N–H and O–H groups in total. The Morgan fingerprint density at radius 1 is 1.03 bits per heavy atom. The Kier molecular flexibility index (Phi) is 7.20. The zero-order chi connectivity index (χ0) is 26.8. The average molecular weight is 527 g/mol. The van der Waals surface area contributed by atoms with E-state index >= 15 is 0 Å². The van der Waals surface area contributed by atoms with E-state index in [-0.39, 0.29) is 5.69 Å². The smallest absolute Gasteiger partial charge is 0.354 e. The molecule has 0 atom stereocenters. The zero-order valence-corrected chi connectivity index (χ0v) is 22.3. The summed E-state index contributed by atoms with van der Waals surface area (Å²) in [5.41, 5.74) is 10.3. The van der Waals surface area contributed by atoms with E-state index < -0.39 is 11.5 Å². The van der Waals surface area contributed by atoms with Crippen molar-refractivity contribution >= 4 is 38.6 Å². The number of aromatic carboxylic acids is 1. The summed E-state index contributed by atoms with van der Waals surface area (Å²) in [4.78, 5) is 25.9. The van der Waals surface area contributed by atoms with Crippen LogP contribution in [0.15, 0.2) is 71.5 Å². The number of anilines is 1. The molecule has 5 rings (SSSR count). The Morgan fingerprint density at radius 3 is 2.53 bits per heavy atom. The van der Waals surface area contributed by atoms with E-state index in [2.05, 4.69) is 38.1 Å². The number of carboxylic acid groups (broad SMARTS) is 1. The molecule has 0 fully saturated rings. The fraction of sp³-hybridized carbons (Fsp3) is 0.226. The van der Waals surface area contributed by atoms with Crippen molar-refractivity contribution in [3.63, 3.8) is 0 Å². The van der Waals surface area contributed by atoms with Gasteiger partial charge in [0.2, 0.25) is 0 Å². The fourth-order valence-electron chi connectivity index (χ4n) is 5.09. The van der Waals surface area contributed by atoms with Gasteiger partial charge >= 0.3 is 5.97 Å². The number of pyridine rings is 1. The van der Waals surface area contributed by atoms with Gasteiger partial charge in [0.15, 0.2) is 0 Å². The molecule has 0 radical (unpaired) electrons. The Labute approximate surface area is 224 Å². The molecule has 2 heterocycles. The van der Waals surface area contributed by atoms with Crippen molar-refractivity contribution in [3.05, 3.63) is 98.8 Å². The van der Waals surface area contributed by atoms with E-state index in [4.69, 9.17) is 10.5 Å². The van der Waals surface area contributed by atoms with Gasteiger partial charge in [0, 0.05) is 22.9 Å². The monoisotopic (exact) mass is 526 g/mol. The number of aromatic nitrogens is 1. The summed E-state index contributed by atoms with van der Waals surface area (Å²) in [6.07, 6.45) is 3.65. The van der Waals surface area contributed by atoms with E-state index in [1.165, 1.54) is 27.9 Å². The SMILES string of the molecule is CCCCCOc1ccccc1-c1c(C)cc(Cc2sc3c(N)ccc(=O)n3c2C(=O)O)c2ccccc12. The summed E-state index contributed by atoms with van der Waals surface area (Å²) in [7, 11) is 0. The number of unbranched alkanes of at least 4 members (excludes halogenated alkanes) is 2. The number of hydrogen-bond acceptors (Lipinski definition) is 5. The molecule has 3 aromatic carbocycles. The first-order chi connectivity index (χ1) is 18.4. The molecule has 38 heavy (non-hydrogen) atoms. The Bertz CT molecular complexity index is 1720. The van der Waals surface area contributed by atoms with E-state index in [1.54, 1.807) is 0 Å². The van der Waals surface area contributed by atoms with E-state index in [0.29, 0.717) is 28.4 Å². The highest BCUT2D eigenvalue weighted by Gasteiger charge is 2.23. The maximum atomic E-state index is 12.6. The summed E-state index contributed by atoms with van der Waals surface area (Å²) < 4.78 is 7.43. The number of carbonyl (C=O) groups is 1. The van der Waals surface area contributed by atoms with Crippen LogP contribution >= 0.6 is 11.3 Å². The van der Waals surface area contributed by atoms with Crippen LogP contribution in [0.25, 0.3) is 26.7 Å². The lowest BCUT2D eigenvalue weighted by Gasteiger charge is -2.18. The third kappa shape index (κ3) is 4.65. The van der Waals surface area contributed by atoms with E-state index in [0.717, 1.165) is 58.0 Å². The first kappa shape index (κ1) is 25.5. The number of para-hydroxylation sites is 1.